The molecule has 0 aliphatic rings. The van der Waals surface area contributed by atoms with E-state index >= 15 is 0 Å². The molecule has 0 unspecified atom stereocenters. The Morgan fingerprint density at radius 3 is 1.37 bits per heavy atom. The molecule has 0 aliphatic carbocycles. The molecule has 13 aromatic rings. The van der Waals surface area contributed by atoms with E-state index in [1.807, 2.05) is 35.6 Å². The van der Waals surface area contributed by atoms with E-state index in [1.54, 1.807) is 0 Å². The predicted octanol–water partition coefficient (Wildman–Crippen LogP) is 15.1. The highest BCUT2D eigenvalue weighted by Crippen LogP contribution is 2.47. The first-order valence-corrected chi connectivity index (χ1v) is 22.0. The molecule has 0 aliphatic heterocycles. The Labute approximate surface area is 366 Å². The Bertz CT molecular complexity index is 3890. The normalized spacial score (nSPS) is 11.8. The van der Waals surface area contributed by atoms with Crippen molar-refractivity contribution < 1.29 is 0 Å². The molecule has 0 saturated heterocycles. The molecule has 13 rings (SSSR count). The molecular weight excluding hydrogens is 787 g/mol. The fourth-order valence-corrected chi connectivity index (χ4v) is 10.9. The van der Waals surface area contributed by atoms with E-state index in [-0.39, 0.29) is 0 Å². The number of rotatable bonds is 6. The lowest BCUT2D eigenvalue weighted by atomic mass is 10.0. The number of benzene rings is 9. The molecule has 0 radical (unpaired) electrons. The van der Waals surface area contributed by atoms with Gasteiger partial charge in [-0.1, -0.05) is 176 Å². The minimum Gasteiger partial charge on any atom is -0.308 e. The summed E-state index contributed by atoms with van der Waals surface area (Å²) in [6, 6.07) is 75.3. The second-order valence-corrected chi connectivity index (χ2v) is 17.0. The number of thiophene rings is 1. The zero-order valence-electron chi connectivity index (χ0n) is 33.9. The number of para-hydroxylation sites is 4. The summed E-state index contributed by atoms with van der Waals surface area (Å²) in [6.45, 7) is 0. The molecule has 63 heavy (non-hydrogen) atoms. The van der Waals surface area contributed by atoms with Crippen LogP contribution < -0.4 is 0 Å². The lowest BCUT2D eigenvalue weighted by Gasteiger charge is -2.15. The van der Waals surface area contributed by atoms with Gasteiger partial charge in [0.1, 0.15) is 0 Å². The van der Waals surface area contributed by atoms with Gasteiger partial charge in [0.15, 0.2) is 17.5 Å². The lowest BCUT2D eigenvalue weighted by Crippen LogP contribution is -2.03. The Morgan fingerprint density at radius 1 is 0.302 bits per heavy atom. The van der Waals surface area contributed by atoms with Crippen LogP contribution in [-0.4, -0.2) is 24.1 Å². The maximum Gasteiger partial charge on any atom is 0.166 e. The van der Waals surface area contributed by atoms with Crippen molar-refractivity contribution in [2.24, 2.45) is 0 Å². The van der Waals surface area contributed by atoms with E-state index in [4.69, 9.17) is 15.0 Å². The fourth-order valence-electron chi connectivity index (χ4n) is 9.52. The van der Waals surface area contributed by atoms with Crippen molar-refractivity contribution in [2.45, 2.75) is 0 Å². The Kier molecular flexibility index (Phi) is 8.01. The summed E-state index contributed by atoms with van der Waals surface area (Å²) in [7, 11) is 0. The Balaban J connectivity index is 1.07. The minimum absolute atomic E-state index is 0.616. The predicted molar refractivity (Wildman–Crippen MR) is 263 cm³/mol. The molecule has 0 saturated carbocycles. The SMILES string of the molecule is c1ccc(-c2ccc(-c3nc(-c4ccccc4)nc(-c4ccccc4-n4c5ccccc5c5ccc6c7ccc8c9ccccc9n(-c9ccccc9)c8c7sc6c54)n3)cc2)cc1. The van der Waals surface area contributed by atoms with E-state index in [0.717, 1.165) is 39.1 Å². The minimum atomic E-state index is 0.616. The monoisotopic (exact) mass is 821 g/mol. The maximum absolute atomic E-state index is 5.29. The van der Waals surface area contributed by atoms with Gasteiger partial charge in [0.25, 0.3) is 0 Å². The molecule has 0 amide bonds. The summed E-state index contributed by atoms with van der Waals surface area (Å²) in [5.41, 5.74) is 12.0. The first-order valence-electron chi connectivity index (χ1n) is 21.2. The maximum atomic E-state index is 5.29. The molecule has 9 aromatic carbocycles. The van der Waals surface area contributed by atoms with Gasteiger partial charge >= 0.3 is 0 Å². The molecule has 4 heterocycles. The van der Waals surface area contributed by atoms with Crippen LogP contribution in [0.1, 0.15) is 0 Å². The molecule has 0 spiro atoms. The Hall–Kier alpha value is -8.19. The zero-order valence-corrected chi connectivity index (χ0v) is 34.7. The van der Waals surface area contributed by atoms with Gasteiger partial charge in [0.05, 0.1) is 37.2 Å². The van der Waals surface area contributed by atoms with Gasteiger partial charge in [-0.05, 0) is 47.5 Å². The first-order chi connectivity index (χ1) is 31.3. The van der Waals surface area contributed by atoms with Crippen molar-refractivity contribution >= 4 is 75.1 Å². The second kappa shape index (κ2) is 14.2. The van der Waals surface area contributed by atoms with Crippen molar-refractivity contribution in [2.75, 3.05) is 0 Å². The van der Waals surface area contributed by atoms with Gasteiger partial charge in [-0.2, -0.15) is 0 Å². The third-order valence-electron chi connectivity index (χ3n) is 12.4. The highest BCUT2D eigenvalue weighted by Gasteiger charge is 2.24. The lowest BCUT2D eigenvalue weighted by molar-refractivity contribution is 1.06. The molecule has 0 bridgehead atoms. The van der Waals surface area contributed by atoms with Crippen molar-refractivity contribution in [3.05, 3.63) is 212 Å². The molecule has 6 heteroatoms. The fraction of sp³-hybridized carbons (Fsp3) is 0. The van der Waals surface area contributed by atoms with Gasteiger partial charge in [0.2, 0.25) is 0 Å². The van der Waals surface area contributed by atoms with Crippen LogP contribution in [0.3, 0.4) is 0 Å². The van der Waals surface area contributed by atoms with Crippen LogP contribution in [-0.2, 0) is 0 Å². The molecule has 0 fully saturated rings. The van der Waals surface area contributed by atoms with E-state index in [1.165, 1.54) is 63.8 Å². The van der Waals surface area contributed by atoms with Crippen molar-refractivity contribution in [3.63, 3.8) is 0 Å². The van der Waals surface area contributed by atoms with E-state index in [9.17, 15) is 0 Å². The van der Waals surface area contributed by atoms with E-state index in [2.05, 4.69) is 197 Å². The standard InChI is InChI=1S/C57H35N5S/c1-4-16-36(17-5-1)37-28-30-39(31-29-37)56-58-55(38-18-6-2-7-19-38)59-57(60-56)47-24-12-15-27-50(47)62-49-26-14-11-23-42(49)44-33-35-46-45-34-32-43-41-22-10-13-25-48(41)61(40-20-8-3-9-21-40)51(43)53(45)63-54(46)52(44)62/h1-35H. The summed E-state index contributed by atoms with van der Waals surface area (Å²) < 4.78 is 7.41. The summed E-state index contributed by atoms with van der Waals surface area (Å²) >= 11 is 1.89. The van der Waals surface area contributed by atoms with Crippen LogP contribution in [0.5, 0.6) is 0 Å². The molecule has 0 N–H and O–H groups in total. The van der Waals surface area contributed by atoms with Crippen molar-refractivity contribution in [1.82, 2.24) is 24.1 Å². The number of hydrogen-bond acceptors (Lipinski definition) is 4. The zero-order chi connectivity index (χ0) is 41.4. The quantitative estimate of drug-likeness (QED) is 0.168. The summed E-state index contributed by atoms with van der Waals surface area (Å²) in [5, 5.41) is 7.41. The van der Waals surface area contributed by atoms with Gasteiger partial charge in [-0.25, -0.2) is 15.0 Å². The third-order valence-corrected chi connectivity index (χ3v) is 13.6. The van der Waals surface area contributed by atoms with Crippen LogP contribution in [0.2, 0.25) is 0 Å². The second-order valence-electron chi connectivity index (χ2n) is 16.0. The molecule has 0 atom stereocenters. The number of hydrogen-bond donors (Lipinski definition) is 0. The number of nitrogens with zero attached hydrogens (tertiary/aromatic N) is 5. The van der Waals surface area contributed by atoms with Gasteiger partial charge in [-0.15, -0.1) is 11.3 Å². The van der Waals surface area contributed by atoms with Crippen LogP contribution in [0, 0.1) is 0 Å². The topological polar surface area (TPSA) is 48.5 Å². The van der Waals surface area contributed by atoms with Gasteiger partial charge in [-0.3, -0.25) is 0 Å². The number of fused-ring (bicyclic) bond motifs is 11. The highest BCUT2D eigenvalue weighted by molar-refractivity contribution is 7.27. The van der Waals surface area contributed by atoms with Crippen LogP contribution in [0.4, 0.5) is 0 Å². The van der Waals surface area contributed by atoms with Crippen LogP contribution in [0.25, 0.3) is 120 Å². The van der Waals surface area contributed by atoms with E-state index < -0.39 is 0 Å². The van der Waals surface area contributed by atoms with Crippen molar-refractivity contribution in [3.8, 4) is 56.7 Å². The smallest absolute Gasteiger partial charge is 0.166 e. The average Bonchev–Trinajstić information content (AvgIpc) is 4.03. The Morgan fingerprint density at radius 2 is 0.730 bits per heavy atom. The van der Waals surface area contributed by atoms with Crippen LogP contribution >= 0.6 is 11.3 Å². The molecule has 4 aromatic heterocycles. The average molecular weight is 822 g/mol. The largest absolute Gasteiger partial charge is 0.308 e. The highest BCUT2D eigenvalue weighted by atomic mass is 32.1. The van der Waals surface area contributed by atoms with Gasteiger partial charge < -0.3 is 9.13 Å². The van der Waals surface area contributed by atoms with Crippen LogP contribution in [0.15, 0.2) is 212 Å². The third kappa shape index (κ3) is 5.59. The summed E-state index contributed by atoms with van der Waals surface area (Å²) in [5.74, 6) is 1.87. The number of aromatic nitrogens is 5. The van der Waals surface area contributed by atoms with Gasteiger partial charge in [0, 0.05) is 54.7 Å². The van der Waals surface area contributed by atoms with E-state index in [0.29, 0.717) is 17.5 Å². The van der Waals surface area contributed by atoms with Crippen molar-refractivity contribution in [1.29, 1.82) is 0 Å². The molecular formula is C57H35N5S. The first kappa shape index (κ1) is 35.6. The molecule has 5 nitrogen and oxygen atoms in total. The molecule has 294 valence electrons. The summed E-state index contributed by atoms with van der Waals surface area (Å²) in [6.07, 6.45) is 0. The summed E-state index contributed by atoms with van der Waals surface area (Å²) in [4.78, 5) is 15.6.